The molecule has 0 saturated carbocycles. The van der Waals surface area contributed by atoms with E-state index in [0.29, 0.717) is 24.4 Å². The van der Waals surface area contributed by atoms with E-state index in [0.717, 1.165) is 5.56 Å². The third-order valence-corrected chi connectivity index (χ3v) is 2.68. The van der Waals surface area contributed by atoms with Gasteiger partial charge < -0.3 is 10.4 Å². The van der Waals surface area contributed by atoms with Gasteiger partial charge in [-0.3, -0.25) is 4.79 Å². The first kappa shape index (κ1) is 14.2. The fourth-order valence-corrected chi connectivity index (χ4v) is 1.76. The number of nitrogens with one attached hydrogen (secondary N) is 1. The Labute approximate surface area is 107 Å². The Hall–Kier alpha value is -1.86. The summed E-state index contributed by atoms with van der Waals surface area (Å²) in [5.41, 5.74) is 1.41. The molecule has 2 N–H and O–H groups in total. The number of rotatable bonds is 6. The number of carboxylic acids is 1. The highest BCUT2D eigenvalue weighted by molar-refractivity contribution is 5.73. The SMILES string of the molecule is CC(C)CC(NCc1ccccc1C#N)C(=O)O. The molecule has 4 nitrogen and oxygen atoms in total. The second kappa shape index (κ2) is 6.77. The van der Waals surface area contributed by atoms with E-state index in [1.165, 1.54) is 0 Å². The molecule has 0 radical (unpaired) electrons. The van der Waals surface area contributed by atoms with Gasteiger partial charge >= 0.3 is 5.97 Å². The van der Waals surface area contributed by atoms with E-state index >= 15 is 0 Å². The lowest BCUT2D eigenvalue weighted by molar-refractivity contribution is -0.140. The van der Waals surface area contributed by atoms with Gasteiger partial charge in [0.15, 0.2) is 0 Å². The first-order valence-corrected chi connectivity index (χ1v) is 5.98. The topological polar surface area (TPSA) is 73.1 Å². The van der Waals surface area contributed by atoms with Crippen LogP contribution in [0.25, 0.3) is 0 Å². The molecule has 0 aliphatic heterocycles. The van der Waals surface area contributed by atoms with E-state index < -0.39 is 12.0 Å². The Bertz CT molecular complexity index is 449. The van der Waals surface area contributed by atoms with Gasteiger partial charge in [0.25, 0.3) is 0 Å². The molecule has 1 rings (SSSR count). The molecule has 18 heavy (non-hydrogen) atoms. The van der Waals surface area contributed by atoms with Crippen LogP contribution in [-0.2, 0) is 11.3 Å². The summed E-state index contributed by atoms with van der Waals surface area (Å²) in [5, 5.41) is 21.0. The molecule has 0 heterocycles. The highest BCUT2D eigenvalue weighted by Crippen LogP contribution is 2.09. The van der Waals surface area contributed by atoms with Crippen molar-refractivity contribution < 1.29 is 9.90 Å². The lowest BCUT2D eigenvalue weighted by Gasteiger charge is -2.16. The molecule has 1 aromatic carbocycles. The third-order valence-electron chi connectivity index (χ3n) is 2.68. The lowest BCUT2D eigenvalue weighted by Crippen LogP contribution is -2.37. The van der Waals surface area contributed by atoms with Crippen LogP contribution in [0.3, 0.4) is 0 Å². The van der Waals surface area contributed by atoms with Crippen molar-refractivity contribution >= 4 is 5.97 Å². The lowest BCUT2D eigenvalue weighted by atomic mass is 10.0. The van der Waals surface area contributed by atoms with Crippen molar-refractivity contribution in [1.82, 2.24) is 5.32 Å². The molecule has 1 atom stereocenters. The zero-order valence-corrected chi connectivity index (χ0v) is 10.7. The Morgan fingerprint density at radius 3 is 2.67 bits per heavy atom. The molecule has 0 fully saturated rings. The van der Waals surface area contributed by atoms with Gasteiger partial charge in [0.2, 0.25) is 0 Å². The molecule has 0 spiro atoms. The molecule has 0 bridgehead atoms. The predicted octanol–water partition coefficient (Wildman–Crippen LogP) is 2.15. The molecule has 4 heteroatoms. The summed E-state index contributed by atoms with van der Waals surface area (Å²) in [6.07, 6.45) is 0.573. The smallest absolute Gasteiger partial charge is 0.320 e. The average molecular weight is 246 g/mol. The summed E-state index contributed by atoms with van der Waals surface area (Å²) in [5.74, 6) is -0.539. The predicted molar refractivity (Wildman–Crippen MR) is 68.9 cm³/mol. The van der Waals surface area contributed by atoms with Crippen LogP contribution in [0.5, 0.6) is 0 Å². The highest BCUT2D eigenvalue weighted by Gasteiger charge is 2.18. The summed E-state index contributed by atoms with van der Waals surface area (Å²) < 4.78 is 0. The minimum absolute atomic E-state index is 0.310. The number of hydrogen-bond acceptors (Lipinski definition) is 3. The molecule has 0 aliphatic rings. The third kappa shape index (κ3) is 4.19. The molecule has 0 saturated heterocycles. The zero-order valence-electron chi connectivity index (χ0n) is 10.7. The maximum atomic E-state index is 11.1. The molecule has 0 amide bonds. The number of benzene rings is 1. The molecule has 96 valence electrons. The van der Waals surface area contributed by atoms with E-state index in [-0.39, 0.29) is 0 Å². The zero-order chi connectivity index (χ0) is 13.5. The number of carboxylic acid groups (broad SMARTS) is 1. The minimum Gasteiger partial charge on any atom is -0.480 e. The summed E-state index contributed by atoms with van der Waals surface area (Å²) >= 11 is 0. The normalized spacial score (nSPS) is 12.1. The van der Waals surface area contributed by atoms with E-state index in [1.807, 2.05) is 26.0 Å². The Balaban J connectivity index is 2.67. The van der Waals surface area contributed by atoms with Crippen molar-refractivity contribution in [2.75, 3.05) is 0 Å². The van der Waals surface area contributed by atoms with E-state index in [9.17, 15) is 4.79 Å². The molecule has 1 unspecified atom stereocenters. The van der Waals surface area contributed by atoms with E-state index in [2.05, 4.69) is 11.4 Å². The van der Waals surface area contributed by atoms with Crippen LogP contribution in [0.1, 0.15) is 31.4 Å². The quantitative estimate of drug-likeness (QED) is 0.806. The summed E-state index contributed by atoms with van der Waals surface area (Å²) in [7, 11) is 0. The number of carbonyl (C=O) groups is 1. The number of hydrogen-bond donors (Lipinski definition) is 2. The van der Waals surface area contributed by atoms with Crippen LogP contribution >= 0.6 is 0 Å². The average Bonchev–Trinajstić information content (AvgIpc) is 2.34. The summed E-state index contributed by atoms with van der Waals surface area (Å²) in [4.78, 5) is 11.1. The number of nitrogens with zero attached hydrogens (tertiary/aromatic N) is 1. The Morgan fingerprint density at radius 2 is 2.11 bits per heavy atom. The molecule has 0 aliphatic carbocycles. The van der Waals surface area contributed by atoms with Crippen molar-refractivity contribution in [3.63, 3.8) is 0 Å². The fourth-order valence-electron chi connectivity index (χ4n) is 1.76. The van der Waals surface area contributed by atoms with E-state index in [1.54, 1.807) is 12.1 Å². The van der Waals surface area contributed by atoms with Gasteiger partial charge in [-0.25, -0.2) is 0 Å². The standard InChI is InChI=1S/C14H18N2O2/c1-10(2)7-13(14(17)18)16-9-12-6-4-3-5-11(12)8-15/h3-6,10,13,16H,7,9H2,1-2H3,(H,17,18). The van der Waals surface area contributed by atoms with Gasteiger partial charge in [0.05, 0.1) is 11.6 Å². The van der Waals surface area contributed by atoms with Crippen LogP contribution < -0.4 is 5.32 Å². The summed E-state index contributed by atoms with van der Waals surface area (Å²) in [6.45, 7) is 4.37. The van der Waals surface area contributed by atoms with Crippen molar-refractivity contribution in [3.8, 4) is 6.07 Å². The van der Waals surface area contributed by atoms with Crippen molar-refractivity contribution in [2.45, 2.75) is 32.9 Å². The van der Waals surface area contributed by atoms with Crippen LogP contribution in [-0.4, -0.2) is 17.1 Å². The maximum Gasteiger partial charge on any atom is 0.320 e. The van der Waals surface area contributed by atoms with Crippen LogP contribution in [0.15, 0.2) is 24.3 Å². The van der Waals surface area contributed by atoms with Crippen molar-refractivity contribution in [3.05, 3.63) is 35.4 Å². The molecule has 0 aromatic heterocycles. The monoisotopic (exact) mass is 246 g/mol. The van der Waals surface area contributed by atoms with Crippen LogP contribution in [0.2, 0.25) is 0 Å². The Morgan fingerprint density at radius 1 is 1.44 bits per heavy atom. The first-order valence-electron chi connectivity index (χ1n) is 5.98. The van der Waals surface area contributed by atoms with Crippen LogP contribution in [0, 0.1) is 17.2 Å². The maximum absolute atomic E-state index is 11.1. The van der Waals surface area contributed by atoms with Crippen molar-refractivity contribution in [1.29, 1.82) is 5.26 Å². The largest absolute Gasteiger partial charge is 0.480 e. The fraction of sp³-hybridized carbons (Fsp3) is 0.429. The highest BCUT2D eigenvalue weighted by atomic mass is 16.4. The van der Waals surface area contributed by atoms with Crippen LogP contribution in [0.4, 0.5) is 0 Å². The number of aliphatic carboxylic acids is 1. The van der Waals surface area contributed by atoms with Gasteiger partial charge in [-0.15, -0.1) is 0 Å². The van der Waals surface area contributed by atoms with Crippen molar-refractivity contribution in [2.24, 2.45) is 5.92 Å². The second-order valence-corrected chi connectivity index (χ2v) is 4.67. The first-order chi connectivity index (χ1) is 8.54. The second-order valence-electron chi connectivity index (χ2n) is 4.67. The molecular formula is C14H18N2O2. The molecule has 1 aromatic rings. The van der Waals surface area contributed by atoms with Gasteiger partial charge in [0.1, 0.15) is 6.04 Å². The number of nitriles is 1. The minimum atomic E-state index is -0.849. The van der Waals surface area contributed by atoms with E-state index in [4.69, 9.17) is 10.4 Å². The van der Waals surface area contributed by atoms with Gasteiger partial charge in [-0.1, -0.05) is 32.0 Å². The molecular weight excluding hydrogens is 228 g/mol. The summed E-state index contributed by atoms with van der Waals surface area (Å²) in [6, 6.07) is 8.73. The van der Waals surface area contributed by atoms with Gasteiger partial charge in [-0.05, 0) is 24.0 Å². The van der Waals surface area contributed by atoms with Gasteiger partial charge in [-0.2, -0.15) is 5.26 Å². The Kier molecular flexibility index (Phi) is 5.34. The van der Waals surface area contributed by atoms with Gasteiger partial charge in [0, 0.05) is 6.54 Å².